The minimum atomic E-state index is -1.12. The Morgan fingerprint density at radius 3 is 2.26 bits per heavy atom. The van der Waals surface area contributed by atoms with E-state index < -0.39 is 35.6 Å². The Morgan fingerprint density at radius 1 is 1.04 bits per heavy atom. The Balaban J connectivity index is 2.28. The molecule has 0 fully saturated rings. The molecule has 0 saturated heterocycles. The van der Waals surface area contributed by atoms with Gasteiger partial charge in [0.1, 0.15) is 5.60 Å². The minimum absolute atomic E-state index is 0.00677. The summed E-state index contributed by atoms with van der Waals surface area (Å²) >= 11 is 0. The quantitative estimate of drug-likeness (QED) is 0.506. The zero-order valence-electron chi connectivity index (χ0n) is 15.8. The highest BCUT2D eigenvalue weighted by atomic mass is 16.6. The summed E-state index contributed by atoms with van der Waals surface area (Å²) in [6.07, 6.45) is -1.90. The lowest BCUT2D eigenvalue weighted by Gasteiger charge is -2.19. The molecule has 1 aromatic carbocycles. The van der Waals surface area contributed by atoms with Gasteiger partial charge < -0.3 is 14.8 Å². The van der Waals surface area contributed by atoms with Crippen LogP contribution in [-0.4, -0.2) is 42.1 Å². The third-order valence-electron chi connectivity index (χ3n) is 3.01. The van der Waals surface area contributed by atoms with Gasteiger partial charge in [-0.2, -0.15) is 0 Å². The third-order valence-corrected chi connectivity index (χ3v) is 3.01. The van der Waals surface area contributed by atoms with Gasteiger partial charge in [-0.15, -0.1) is 0 Å². The molecular weight excluding hydrogens is 354 g/mol. The summed E-state index contributed by atoms with van der Waals surface area (Å²) in [5.74, 6) is -1.86. The summed E-state index contributed by atoms with van der Waals surface area (Å²) < 4.78 is 9.96. The third kappa shape index (κ3) is 9.24. The van der Waals surface area contributed by atoms with Gasteiger partial charge in [0, 0.05) is 12.1 Å². The van der Waals surface area contributed by atoms with E-state index in [0.29, 0.717) is 5.56 Å². The first-order valence-electron chi connectivity index (χ1n) is 8.40. The Morgan fingerprint density at radius 2 is 1.67 bits per heavy atom. The van der Waals surface area contributed by atoms with Crippen molar-refractivity contribution in [2.45, 2.75) is 45.8 Å². The summed E-state index contributed by atoms with van der Waals surface area (Å²) in [6.45, 7) is 6.53. The molecule has 0 unspecified atom stereocenters. The first kappa shape index (κ1) is 21.9. The molecule has 0 heterocycles. The van der Waals surface area contributed by atoms with E-state index in [9.17, 15) is 19.2 Å². The Kier molecular flexibility index (Phi) is 8.25. The summed E-state index contributed by atoms with van der Waals surface area (Å²) in [6, 6.07) is 8.30. The van der Waals surface area contributed by atoms with Crippen LogP contribution >= 0.6 is 0 Å². The highest BCUT2D eigenvalue weighted by Gasteiger charge is 2.19. The fourth-order valence-corrected chi connectivity index (χ4v) is 1.77. The first-order valence-corrected chi connectivity index (χ1v) is 8.40. The van der Waals surface area contributed by atoms with Crippen molar-refractivity contribution in [3.05, 3.63) is 35.9 Å². The number of hydrogen-bond donors (Lipinski definition) is 3. The Bertz CT molecular complexity index is 669. The number of hydrazine groups is 1. The lowest BCUT2D eigenvalue weighted by molar-refractivity contribution is -0.154. The number of benzene rings is 1. The molecular formula is C18H25N3O6. The Labute approximate surface area is 157 Å². The van der Waals surface area contributed by atoms with Gasteiger partial charge in [0.2, 0.25) is 0 Å². The second-order valence-corrected chi connectivity index (χ2v) is 6.62. The van der Waals surface area contributed by atoms with Crippen LogP contribution in [0.4, 0.5) is 4.79 Å². The molecule has 3 amide bonds. The number of amides is 3. The highest BCUT2D eigenvalue weighted by molar-refractivity contribution is 5.95. The van der Waals surface area contributed by atoms with E-state index in [4.69, 9.17) is 9.47 Å². The maximum absolute atomic E-state index is 11.9. The molecule has 1 atom stereocenters. The van der Waals surface area contributed by atoms with Gasteiger partial charge in [-0.1, -0.05) is 18.2 Å². The van der Waals surface area contributed by atoms with E-state index in [1.165, 1.54) is 6.92 Å². The summed E-state index contributed by atoms with van der Waals surface area (Å²) in [4.78, 5) is 46.8. The van der Waals surface area contributed by atoms with Crippen LogP contribution in [0.5, 0.6) is 0 Å². The minimum Gasteiger partial charge on any atom is -0.452 e. The van der Waals surface area contributed by atoms with Crippen LogP contribution < -0.4 is 16.2 Å². The average molecular weight is 379 g/mol. The second kappa shape index (κ2) is 10.1. The molecule has 27 heavy (non-hydrogen) atoms. The van der Waals surface area contributed by atoms with Crippen molar-refractivity contribution in [2.75, 3.05) is 6.54 Å². The smallest absolute Gasteiger partial charge is 0.407 e. The van der Waals surface area contributed by atoms with Crippen molar-refractivity contribution in [3.63, 3.8) is 0 Å². The number of carbonyl (C=O) groups is 4. The van der Waals surface area contributed by atoms with Gasteiger partial charge in [0.25, 0.3) is 11.8 Å². The molecule has 0 aliphatic rings. The molecule has 9 heteroatoms. The number of hydrogen-bond acceptors (Lipinski definition) is 6. The maximum atomic E-state index is 11.9. The number of alkyl carbamates (subject to hydrolysis) is 1. The molecule has 1 aromatic rings. The summed E-state index contributed by atoms with van der Waals surface area (Å²) in [5, 5.41) is 2.41. The molecule has 9 nitrogen and oxygen atoms in total. The van der Waals surface area contributed by atoms with Crippen LogP contribution in [0.1, 0.15) is 44.5 Å². The lowest BCUT2D eigenvalue weighted by atomic mass is 10.2. The van der Waals surface area contributed by atoms with Gasteiger partial charge in [-0.05, 0) is 39.8 Å². The summed E-state index contributed by atoms with van der Waals surface area (Å²) in [5.41, 5.74) is 4.14. The van der Waals surface area contributed by atoms with Crippen molar-refractivity contribution >= 4 is 23.9 Å². The normalized spacial score (nSPS) is 11.7. The van der Waals surface area contributed by atoms with Crippen molar-refractivity contribution in [1.29, 1.82) is 0 Å². The molecule has 0 aliphatic heterocycles. The van der Waals surface area contributed by atoms with Crippen molar-refractivity contribution < 1.29 is 28.7 Å². The van der Waals surface area contributed by atoms with E-state index in [0.717, 1.165) is 0 Å². The predicted octanol–water partition coefficient (Wildman–Crippen LogP) is 1.29. The van der Waals surface area contributed by atoms with Crippen LogP contribution in [0.2, 0.25) is 0 Å². The second-order valence-electron chi connectivity index (χ2n) is 6.62. The largest absolute Gasteiger partial charge is 0.452 e. The van der Waals surface area contributed by atoms with E-state index >= 15 is 0 Å². The molecule has 0 aliphatic carbocycles. The van der Waals surface area contributed by atoms with Crippen molar-refractivity contribution in [3.8, 4) is 0 Å². The zero-order chi connectivity index (χ0) is 20.4. The lowest BCUT2D eigenvalue weighted by Crippen LogP contribution is -2.46. The number of carbonyl (C=O) groups excluding carboxylic acids is 4. The number of rotatable bonds is 6. The van der Waals surface area contributed by atoms with E-state index in [-0.39, 0.29) is 13.0 Å². The van der Waals surface area contributed by atoms with E-state index in [1.807, 2.05) is 0 Å². The van der Waals surface area contributed by atoms with Crippen molar-refractivity contribution in [1.82, 2.24) is 16.2 Å². The molecule has 0 saturated carbocycles. The molecule has 0 radical (unpaired) electrons. The predicted molar refractivity (Wildman–Crippen MR) is 96.5 cm³/mol. The fourth-order valence-electron chi connectivity index (χ4n) is 1.77. The summed E-state index contributed by atoms with van der Waals surface area (Å²) in [7, 11) is 0. The first-order chi connectivity index (χ1) is 12.6. The van der Waals surface area contributed by atoms with E-state index in [2.05, 4.69) is 16.2 Å². The van der Waals surface area contributed by atoms with Gasteiger partial charge in [0.05, 0.1) is 6.42 Å². The number of nitrogens with one attached hydrogen (secondary N) is 3. The molecule has 3 N–H and O–H groups in total. The monoisotopic (exact) mass is 379 g/mol. The average Bonchev–Trinajstić information content (AvgIpc) is 2.58. The number of ether oxygens (including phenoxy) is 2. The van der Waals surface area contributed by atoms with Crippen LogP contribution in [0.3, 0.4) is 0 Å². The fraction of sp³-hybridized carbons (Fsp3) is 0.444. The standard InChI is InChI=1S/C18H25N3O6/c1-12(15(23)20-21-16(24)13-8-6-5-7-9-13)26-14(22)10-11-19-17(25)27-18(2,3)4/h5-9,12H,10-11H2,1-4H3,(H,19,25)(H,20,23)(H,21,24)/t12-/m0/s1. The van der Waals surface area contributed by atoms with Gasteiger partial charge in [-0.25, -0.2) is 4.79 Å². The van der Waals surface area contributed by atoms with Gasteiger partial charge in [0.15, 0.2) is 6.10 Å². The van der Waals surface area contributed by atoms with Crippen LogP contribution in [0.15, 0.2) is 30.3 Å². The van der Waals surface area contributed by atoms with Crippen LogP contribution in [0, 0.1) is 0 Å². The molecule has 0 spiro atoms. The zero-order valence-corrected chi connectivity index (χ0v) is 15.8. The van der Waals surface area contributed by atoms with Gasteiger partial charge in [-0.3, -0.25) is 25.2 Å². The SMILES string of the molecule is C[C@H](OC(=O)CCNC(=O)OC(C)(C)C)C(=O)NNC(=O)c1ccccc1. The van der Waals surface area contributed by atoms with Gasteiger partial charge >= 0.3 is 12.1 Å². The molecule has 0 aromatic heterocycles. The topological polar surface area (TPSA) is 123 Å². The molecule has 0 bridgehead atoms. The molecule has 148 valence electrons. The number of esters is 1. The highest BCUT2D eigenvalue weighted by Crippen LogP contribution is 2.06. The van der Waals surface area contributed by atoms with Crippen LogP contribution in [-0.2, 0) is 19.1 Å². The molecule has 1 rings (SSSR count). The maximum Gasteiger partial charge on any atom is 0.407 e. The van der Waals surface area contributed by atoms with Crippen LogP contribution in [0.25, 0.3) is 0 Å². The van der Waals surface area contributed by atoms with Crippen molar-refractivity contribution in [2.24, 2.45) is 0 Å². The Hall–Kier alpha value is -3.10. The van der Waals surface area contributed by atoms with E-state index in [1.54, 1.807) is 51.1 Å².